The molecule has 42 heavy (non-hydrogen) atoms. The highest BCUT2D eigenvalue weighted by atomic mass is 32.2. The van der Waals surface area contributed by atoms with Crippen molar-refractivity contribution in [2.24, 2.45) is 0 Å². The molecule has 0 aromatic heterocycles. The molecule has 0 bridgehead atoms. The first kappa shape index (κ1) is 31.1. The Morgan fingerprint density at radius 3 is 2.19 bits per heavy atom. The highest BCUT2D eigenvalue weighted by Crippen LogP contribution is 2.26. The van der Waals surface area contributed by atoms with E-state index in [1.807, 2.05) is 45.0 Å². The van der Waals surface area contributed by atoms with Gasteiger partial charge in [0.25, 0.3) is 10.0 Å². The first-order valence-corrected chi connectivity index (χ1v) is 16.1. The minimum absolute atomic E-state index is 0.0408. The maximum atomic E-state index is 14.2. The second-order valence-corrected chi connectivity index (χ2v) is 12.5. The fourth-order valence-corrected chi connectivity index (χ4v) is 6.80. The van der Waals surface area contributed by atoms with Crippen molar-refractivity contribution in [3.05, 3.63) is 90.0 Å². The molecule has 4 rings (SSSR count). The fraction of sp³-hybridized carbons (Fsp3) is 0.394. The fourth-order valence-electron chi connectivity index (χ4n) is 5.38. The van der Waals surface area contributed by atoms with Gasteiger partial charge in [0.2, 0.25) is 11.8 Å². The zero-order valence-electron chi connectivity index (χ0n) is 24.7. The summed E-state index contributed by atoms with van der Waals surface area (Å²) in [7, 11) is -4.14. The predicted molar refractivity (Wildman–Crippen MR) is 165 cm³/mol. The number of hydrogen-bond donors (Lipinski definition) is 1. The van der Waals surface area contributed by atoms with Gasteiger partial charge in [-0.3, -0.25) is 13.9 Å². The van der Waals surface area contributed by atoms with Crippen LogP contribution in [0.25, 0.3) is 0 Å². The van der Waals surface area contributed by atoms with Crippen LogP contribution in [0.2, 0.25) is 0 Å². The Morgan fingerprint density at radius 1 is 0.929 bits per heavy atom. The number of hydrogen-bond acceptors (Lipinski definition) is 5. The van der Waals surface area contributed by atoms with E-state index in [9.17, 15) is 18.0 Å². The van der Waals surface area contributed by atoms with E-state index in [0.717, 1.165) is 41.1 Å². The lowest BCUT2D eigenvalue weighted by Crippen LogP contribution is -2.53. The minimum atomic E-state index is -4.14. The summed E-state index contributed by atoms with van der Waals surface area (Å²) in [6, 6.07) is 21.8. The Balaban J connectivity index is 1.69. The van der Waals surface area contributed by atoms with Gasteiger partial charge in [0.15, 0.2) is 0 Å². The molecule has 0 spiro atoms. The summed E-state index contributed by atoms with van der Waals surface area (Å²) in [5, 5.41) is 3.15. The third kappa shape index (κ3) is 7.50. The quantitative estimate of drug-likeness (QED) is 0.285. The standard InChI is InChI=1S/C33H41N3O5S/c1-4-31(33(38)34-27-15-11-12-16-27)35(23-26-14-10-9-13-25(26)3)32(37)24-36(28-17-7-6-8-18-28)42(39,40)30-21-19-29(20-22-30)41-5-2/h6-10,13-14,17-22,27,31H,4-5,11-12,15-16,23-24H2,1-3H3,(H,34,38)/t31-/m1/s1. The third-order valence-corrected chi connectivity index (χ3v) is 9.52. The van der Waals surface area contributed by atoms with Gasteiger partial charge >= 0.3 is 0 Å². The maximum absolute atomic E-state index is 14.2. The molecule has 1 aliphatic carbocycles. The van der Waals surface area contributed by atoms with E-state index in [4.69, 9.17) is 4.74 Å². The number of para-hydroxylation sites is 1. The lowest BCUT2D eigenvalue weighted by molar-refractivity contribution is -0.140. The number of aryl methyl sites for hydroxylation is 1. The zero-order valence-corrected chi connectivity index (χ0v) is 25.5. The molecule has 1 atom stereocenters. The van der Waals surface area contributed by atoms with E-state index in [0.29, 0.717) is 24.5 Å². The van der Waals surface area contributed by atoms with Crippen LogP contribution in [0.3, 0.4) is 0 Å². The molecule has 1 saturated carbocycles. The van der Waals surface area contributed by atoms with Gasteiger partial charge in [0.05, 0.1) is 17.2 Å². The van der Waals surface area contributed by atoms with Crippen molar-refractivity contribution in [2.45, 2.75) is 76.4 Å². The van der Waals surface area contributed by atoms with Crippen LogP contribution in [0.15, 0.2) is 83.8 Å². The van der Waals surface area contributed by atoms with Crippen LogP contribution in [-0.4, -0.2) is 50.4 Å². The number of carbonyl (C=O) groups excluding carboxylic acids is 2. The molecule has 3 aromatic rings. The van der Waals surface area contributed by atoms with Crippen molar-refractivity contribution < 1.29 is 22.7 Å². The summed E-state index contributed by atoms with van der Waals surface area (Å²) in [5.41, 5.74) is 2.25. The van der Waals surface area contributed by atoms with Gasteiger partial charge in [0, 0.05) is 12.6 Å². The summed E-state index contributed by atoms with van der Waals surface area (Å²) in [6.07, 6.45) is 4.39. The molecule has 9 heteroatoms. The van der Waals surface area contributed by atoms with Gasteiger partial charge in [0.1, 0.15) is 18.3 Å². The maximum Gasteiger partial charge on any atom is 0.264 e. The Labute approximate surface area is 249 Å². The number of nitrogens with one attached hydrogen (secondary N) is 1. The topological polar surface area (TPSA) is 96.0 Å². The van der Waals surface area contributed by atoms with Crippen LogP contribution in [0, 0.1) is 6.92 Å². The van der Waals surface area contributed by atoms with Crippen molar-refractivity contribution in [2.75, 3.05) is 17.5 Å². The molecule has 1 fully saturated rings. The van der Waals surface area contributed by atoms with Crippen LogP contribution in [0.5, 0.6) is 5.75 Å². The van der Waals surface area contributed by atoms with E-state index in [2.05, 4.69) is 5.32 Å². The second-order valence-electron chi connectivity index (χ2n) is 10.6. The number of carbonyl (C=O) groups is 2. The van der Waals surface area contributed by atoms with Gasteiger partial charge in [-0.2, -0.15) is 0 Å². The van der Waals surface area contributed by atoms with E-state index < -0.39 is 28.5 Å². The first-order valence-electron chi connectivity index (χ1n) is 14.7. The third-order valence-electron chi connectivity index (χ3n) is 7.74. The molecule has 2 amide bonds. The smallest absolute Gasteiger partial charge is 0.264 e. The van der Waals surface area contributed by atoms with Crippen LogP contribution >= 0.6 is 0 Å². The van der Waals surface area contributed by atoms with Gasteiger partial charge in [-0.05, 0) is 80.6 Å². The molecule has 8 nitrogen and oxygen atoms in total. The van der Waals surface area contributed by atoms with Gasteiger partial charge in [-0.25, -0.2) is 8.42 Å². The molecule has 0 heterocycles. The van der Waals surface area contributed by atoms with Gasteiger partial charge < -0.3 is 15.0 Å². The number of ether oxygens (including phenoxy) is 1. The second kappa shape index (κ2) is 14.4. The molecule has 0 aliphatic heterocycles. The number of anilines is 1. The molecule has 1 aliphatic rings. The number of nitrogens with zero attached hydrogens (tertiary/aromatic N) is 2. The molecule has 0 radical (unpaired) electrons. The molecular weight excluding hydrogens is 550 g/mol. The number of amides is 2. The number of rotatable bonds is 13. The molecule has 224 valence electrons. The summed E-state index contributed by atoms with van der Waals surface area (Å²) in [4.78, 5) is 29.4. The molecule has 3 aromatic carbocycles. The van der Waals surface area contributed by atoms with Crippen LogP contribution in [0.4, 0.5) is 5.69 Å². The van der Waals surface area contributed by atoms with Crippen molar-refractivity contribution in [3.8, 4) is 5.75 Å². The van der Waals surface area contributed by atoms with E-state index >= 15 is 0 Å². The van der Waals surface area contributed by atoms with Crippen molar-refractivity contribution in [1.29, 1.82) is 0 Å². The Hall–Kier alpha value is -3.85. The van der Waals surface area contributed by atoms with Crippen molar-refractivity contribution in [3.63, 3.8) is 0 Å². The Kier molecular flexibility index (Phi) is 10.6. The van der Waals surface area contributed by atoms with Gasteiger partial charge in [-0.1, -0.05) is 62.2 Å². The largest absolute Gasteiger partial charge is 0.494 e. The lowest BCUT2D eigenvalue weighted by Gasteiger charge is -2.34. The first-order chi connectivity index (χ1) is 20.2. The zero-order chi connectivity index (χ0) is 30.1. The minimum Gasteiger partial charge on any atom is -0.494 e. The summed E-state index contributed by atoms with van der Waals surface area (Å²) in [6.45, 7) is 5.88. The number of sulfonamides is 1. The number of benzene rings is 3. The highest BCUT2D eigenvalue weighted by molar-refractivity contribution is 7.92. The summed E-state index contributed by atoms with van der Waals surface area (Å²) < 4.78 is 34.6. The SMILES string of the molecule is CCOc1ccc(S(=O)(=O)N(CC(=O)N(Cc2ccccc2C)[C@H](CC)C(=O)NC2CCCC2)c2ccccc2)cc1. The van der Waals surface area contributed by atoms with E-state index in [-0.39, 0.29) is 23.4 Å². The van der Waals surface area contributed by atoms with Crippen molar-refractivity contribution in [1.82, 2.24) is 10.2 Å². The van der Waals surface area contributed by atoms with E-state index in [1.165, 1.54) is 17.0 Å². The van der Waals surface area contributed by atoms with Crippen LogP contribution < -0.4 is 14.4 Å². The molecule has 0 unspecified atom stereocenters. The Morgan fingerprint density at radius 2 is 1.57 bits per heavy atom. The molecule has 1 N–H and O–H groups in total. The predicted octanol–water partition coefficient (Wildman–Crippen LogP) is 5.46. The summed E-state index contributed by atoms with van der Waals surface area (Å²) in [5.74, 6) is -0.0979. The average Bonchev–Trinajstić information content (AvgIpc) is 3.50. The lowest BCUT2D eigenvalue weighted by atomic mass is 10.1. The van der Waals surface area contributed by atoms with E-state index in [1.54, 1.807) is 42.5 Å². The average molecular weight is 592 g/mol. The molecule has 0 saturated heterocycles. The van der Waals surface area contributed by atoms with Gasteiger partial charge in [-0.15, -0.1) is 0 Å². The van der Waals surface area contributed by atoms with Crippen molar-refractivity contribution >= 4 is 27.5 Å². The van der Waals surface area contributed by atoms with Crippen LogP contribution in [0.1, 0.15) is 57.1 Å². The van der Waals surface area contributed by atoms with Crippen LogP contribution in [-0.2, 0) is 26.2 Å². The molecular formula is C33H41N3O5S. The summed E-state index contributed by atoms with van der Waals surface area (Å²) >= 11 is 0. The Bertz CT molecular complexity index is 1440. The normalized spacial score (nSPS) is 14.3. The highest BCUT2D eigenvalue weighted by Gasteiger charge is 2.34. The monoisotopic (exact) mass is 591 g/mol.